The number of nitrogens with zero attached hydrogens (tertiary/aromatic N) is 2. The van der Waals surface area contributed by atoms with Crippen molar-refractivity contribution >= 4 is 17.0 Å². The SMILES string of the molecule is CC(C)(C)c1nc2cc(F)c(F)cc2n1C(C)(C)C(=O)O. The van der Waals surface area contributed by atoms with Crippen molar-refractivity contribution in [3.8, 4) is 0 Å². The average molecular weight is 296 g/mol. The van der Waals surface area contributed by atoms with Gasteiger partial charge < -0.3 is 9.67 Å². The van der Waals surface area contributed by atoms with E-state index in [1.807, 2.05) is 20.8 Å². The number of rotatable bonds is 2. The maximum Gasteiger partial charge on any atom is 0.329 e. The molecule has 0 aliphatic heterocycles. The van der Waals surface area contributed by atoms with Crippen LogP contribution in [-0.4, -0.2) is 20.6 Å². The first-order valence-electron chi connectivity index (χ1n) is 6.58. The molecule has 0 atom stereocenters. The number of imidazole rings is 1. The van der Waals surface area contributed by atoms with E-state index in [9.17, 15) is 18.7 Å². The van der Waals surface area contributed by atoms with Crippen LogP contribution in [0.1, 0.15) is 40.4 Å². The number of halogens is 2. The number of aromatic nitrogens is 2. The van der Waals surface area contributed by atoms with Crippen LogP contribution in [0.2, 0.25) is 0 Å². The van der Waals surface area contributed by atoms with Gasteiger partial charge in [0.2, 0.25) is 0 Å². The van der Waals surface area contributed by atoms with E-state index < -0.39 is 28.6 Å². The van der Waals surface area contributed by atoms with Crippen LogP contribution in [0.4, 0.5) is 8.78 Å². The van der Waals surface area contributed by atoms with Gasteiger partial charge in [-0.15, -0.1) is 0 Å². The van der Waals surface area contributed by atoms with Crippen LogP contribution in [-0.2, 0) is 15.7 Å². The first-order valence-corrected chi connectivity index (χ1v) is 6.58. The average Bonchev–Trinajstić information content (AvgIpc) is 2.68. The van der Waals surface area contributed by atoms with Gasteiger partial charge in [-0.2, -0.15) is 0 Å². The van der Waals surface area contributed by atoms with Crippen LogP contribution in [0.5, 0.6) is 0 Å². The number of hydrogen-bond acceptors (Lipinski definition) is 2. The molecular weight excluding hydrogens is 278 g/mol. The Morgan fingerprint density at radius 3 is 2.14 bits per heavy atom. The zero-order chi connectivity index (χ0) is 16.2. The van der Waals surface area contributed by atoms with E-state index in [2.05, 4.69) is 4.98 Å². The standard InChI is InChI=1S/C15H18F2N2O2/c1-14(2,3)12-18-10-6-8(16)9(17)7-11(10)19(12)15(4,5)13(20)21/h6-7H,1-5H3,(H,20,21). The molecule has 0 saturated heterocycles. The van der Waals surface area contributed by atoms with E-state index in [0.717, 1.165) is 12.1 Å². The lowest BCUT2D eigenvalue weighted by molar-refractivity contribution is -0.145. The summed E-state index contributed by atoms with van der Waals surface area (Å²) in [6, 6.07) is 1.99. The third-order valence-electron chi connectivity index (χ3n) is 3.45. The number of carboxylic acid groups (broad SMARTS) is 1. The minimum atomic E-state index is -1.33. The number of aliphatic carboxylic acids is 1. The summed E-state index contributed by atoms with van der Waals surface area (Å²) in [4.78, 5) is 15.9. The highest BCUT2D eigenvalue weighted by atomic mass is 19.2. The predicted octanol–water partition coefficient (Wildman–Crippen LogP) is 3.43. The van der Waals surface area contributed by atoms with Gasteiger partial charge in [-0.1, -0.05) is 20.8 Å². The van der Waals surface area contributed by atoms with Gasteiger partial charge in [-0.25, -0.2) is 18.6 Å². The monoisotopic (exact) mass is 296 g/mol. The molecular formula is C15H18F2N2O2. The number of fused-ring (bicyclic) bond motifs is 1. The molecule has 114 valence electrons. The lowest BCUT2D eigenvalue weighted by atomic mass is 9.93. The summed E-state index contributed by atoms with van der Waals surface area (Å²) >= 11 is 0. The lowest BCUT2D eigenvalue weighted by Gasteiger charge is -2.29. The zero-order valence-electron chi connectivity index (χ0n) is 12.7. The van der Waals surface area contributed by atoms with Crippen molar-refractivity contribution in [1.29, 1.82) is 0 Å². The fraction of sp³-hybridized carbons (Fsp3) is 0.467. The summed E-state index contributed by atoms with van der Waals surface area (Å²) in [6.45, 7) is 8.62. The fourth-order valence-corrected chi connectivity index (χ4v) is 2.24. The molecule has 0 saturated carbocycles. The molecule has 1 heterocycles. The lowest BCUT2D eigenvalue weighted by Crippen LogP contribution is -2.39. The van der Waals surface area contributed by atoms with Gasteiger partial charge in [0.05, 0.1) is 11.0 Å². The summed E-state index contributed by atoms with van der Waals surface area (Å²) in [5.41, 5.74) is -1.29. The van der Waals surface area contributed by atoms with Crippen molar-refractivity contribution in [3.05, 3.63) is 29.6 Å². The Morgan fingerprint density at radius 2 is 1.67 bits per heavy atom. The summed E-state index contributed by atoms with van der Waals surface area (Å²) in [7, 11) is 0. The molecule has 2 aromatic rings. The maximum absolute atomic E-state index is 13.6. The Kier molecular flexibility index (Phi) is 3.31. The van der Waals surface area contributed by atoms with Crippen LogP contribution in [0, 0.1) is 11.6 Å². The molecule has 1 N–H and O–H groups in total. The summed E-state index contributed by atoms with van der Waals surface area (Å²) in [6.07, 6.45) is 0. The van der Waals surface area contributed by atoms with Crippen LogP contribution >= 0.6 is 0 Å². The number of carbonyl (C=O) groups is 1. The van der Waals surface area contributed by atoms with E-state index in [1.165, 1.54) is 18.4 Å². The van der Waals surface area contributed by atoms with Gasteiger partial charge in [-0.05, 0) is 13.8 Å². The van der Waals surface area contributed by atoms with E-state index in [4.69, 9.17) is 0 Å². The summed E-state index contributed by atoms with van der Waals surface area (Å²) in [5.74, 6) is -2.63. The molecule has 0 aliphatic carbocycles. The Morgan fingerprint density at radius 1 is 1.14 bits per heavy atom. The molecule has 0 spiro atoms. The molecule has 4 nitrogen and oxygen atoms in total. The van der Waals surface area contributed by atoms with Crippen LogP contribution in [0.15, 0.2) is 12.1 Å². The molecule has 0 fully saturated rings. The second-order valence-corrected chi connectivity index (χ2v) is 6.64. The van der Waals surface area contributed by atoms with Crippen molar-refractivity contribution in [2.45, 2.75) is 45.6 Å². The Balaban J connectivity index is 2.94. The fourth-order valence-electron chi connectivity index (χ4n) is 2.24. The minimum absolute atomic E-state index is 0.244. The van der Waals surface area contributed by atoms with Crippen molar-refractivity contribution in [1.82, 2.24) is 9.55 Å². The molecule has 6 heteroatoms. The normalized spacial score (nSPS) is 12.9. The molecule has 0 aliphatic rings. The zero-order valence-corrected chi connectivity index (χ0v) is 12.7. The van der Waals surface area contributed by atoms with Crippen molar-refractivity contribution in [2.75, 3.05) is 0 Å². The number of benzene rings is 1. The second-order valence-electron chi connectivity index (χ2n) is 6.64. The van der Waals surface area contributed by atoms with E-state index >= 15 is 0 Å². The van der Waals surface area contributed by atoms with Gasteiger partial charge in [0.25, 0.3) is 0 Å². The molecule has 0 amide bonds. The van der Waals surface area contributed by atoms with Crippen molar-refractivity contribution in [2.24, 2.45) is 0 Å². The summed E-state index contributed by atoms with van der Waals surface area (Å²) < 4.78 is 28.4. The van der Waals surface area contributed by atoms with Gasteiger partial charge in [0.1, 0.15) is 11.4 Å². The highest BCUT2D eigenvalue weighted by molar-refractivity contribution is 5.83. The first kappa shape index (κ1) is 15.4. The second kappa shape index (κ2) is 4.51. The van der Waals surface area contributed by atoms with Crippen LogP contribution in [0.25, 0.3) is 11.0 Å². The van der Waals surface area contributed by atoms with Gasteiger partial charge >= 0.3 is 5.97 Å². The third-order valence-corrected chi connectivity index (χ3v) is 3.45. The molecule has 21 heavy (non-hydrogen) atoms. The maximum atomic E-state index is 13.6. The Labute approximate surface area is 121 Å². The van der Waals surface area contributed by atoms with Crippen molar-refractivity contribution in [3.63, 3.8) is 0 Å². The minimum Gasteiger partial charge on any atom is -0.480 e. The molecule has 2 rings (SSSR count). The molecule has 1 aromatic carbocycles. The molecule has 0 radical (unpaired) electrons. The van der Waals surface area contributed by atoms with Gasteiger partial charge in [-0.3, -0.25) is 0 Å². The Bertz CT molecular complexity index is 727. The van der Waals surface area contributed by atoms with Crippen molar-refractivity contribution < 1.29 is 18.7 Å². The third kappa shape index (κ3) is 2.39. The largest absolute Gasteiger partial charge is 0.480 e. The van der Waals surface area contributed by atoms with Gasteiger partial charge in [0, 0.05) is 17.5 Å². The van der Waals surface area contributed by atoms with E-state index in [0.29, 0.717) is 5.82 Å². The van der Waals surface area contributed by atoms with E-state index in [-0.39, 0.29) is 11.0 Å². The van der Waals surface area contributed by atoms with Crippen LogP contribution < -0.4 is 0 Å². The topological polar surface area (TPSA) is 55.1 Å². The highest BCUT2D eigenvalue weighted by Crippen LogP contribution is 2.33. The smallest absolute Gasteiger partial charge is 0.329 e. The predicted molar refractivity (Wildman–Crippen MR) is 75.3 cm³/mol. The quantitative estimate of drug-likeness (QED) is 0.923. The number of carboxylic acids is 1. The molecule has 0 bridgehead atoms. The van der Waals surface area contributed by atoms with Crippen LogP contribution in [0.3, 0.4) is 0 Å². The Hall–Kier alpha value is -1.98. The summed E-state index contributed by atoms with van der Waals surface area (Å²) in [5, 5.41) is 9.47. The van der Waals surface area contributed by atoms with E-state index in [1.54, 1.807) is 0 Å². The number of hydrogen-bond donors (Lipinski definition) is 1. The molecule has 0 unspecified atom stereocenters. The highest BCUT2D eigenvalue weighted by Gasteiger charge is 2.36. The first-order chi connectivity index (χ1) is 9.46. The molecule has 1 aromatic heterocycles. The van der Waals surface area contributed by atoms with Gasteiger partial charge in [0.15, 0.2) is 11.6 Å².